The third-order valence-electron chi connectivity index (χ3n) is 2.93. The number of ketones is 1. The van der Waals surface area contributed by atoms with Crippen LogP contribution in [0.2, 0.25) is 0 Å². The molecule has 0 spiro atoms. The minimum atomic E-state index is 0.0832. The summed E-state index contributed by atoms with van der Waals surface area (Å²) >= 11 is 3.43. The van der Waals surface area contributed by atoms with Crippen LogP contribution in [0.1, 0.15) is 44.3 Å². The Labute approximate surface area is 111 Å². The Morgan fingerprint density at radius 2 is 2.29 bits per heavy atom. The second-order valence-corrected chi connectivity index (χ2v) is 7.77. The van der Waals surface area contributed by atoms with E-state index in [1.807, 2.05) is 11.8 Å². The van der Waals surface area contributed by atoms with E-state index in [0.717, 1.165) is 22.9 Å². The zero-order chi connectivity index (χ0) is 12.5. The zero-order valence-corrected chi connectivity index (χ0v) is 12.3. The van der Waals surface area contributed by atoms with E-state index in [2.05, 4.69) is 31.1 Å². The van der Waals surface area contributed by atoms with Crippen LogP contribution in [-0.4, -0.2) is 21.8 Å². The van der Waals surface area contributed by atoms with Crippen LogP contribution in [0, 0.1) is 0 Å². The van der Waals surface area contributed by atoms with Gasteiger partial charge in [0, 0.05) is 10.8 Å². The van der Waals surface area contributed by atoms with Crippen molar-refractivity contribution < 1.29 is 4.79 Å². The molecule has 1 aliphatic heterocycles. The van der Waals surface area contributed by atoms with E-state index >= 15 is 0 Å². The molecule has 0 saturated carbocycles. The molecule has 1 aliphatic rings. The highest BCUT2D eigenvalue weighted by atomic mass is 32.2. The molecule has 0 bridgehead atoms. The van der Waals surface area contributed by atoms with Crippen LogP contribution in [0.5, 0.6) is 0 Å². The molecule has 94 valence electrons. The lowest BCUT2D eigenvalue weighted by Crippen LogP contribution is -2.17. The molecule has 1 aromatic rings. The molecule has 1 atom stereocenters. The van der Waals surface area contributed by atoms with E-state index in [0.29, 0.717) is 12.2 Å². The van der Waals surface area contributed by atoms with Gasteiger partial charge in [0.15, 0.2) is 5.78 Å². The minimum Gasteiger partial charge on any atom is -0.298 e. The van der Waals surface area contributed by atoms with Gasteiger partial charge in [-0.05, 0) is 18.6 Å². The van der Waals surface area contributed by atoms with Gasteiger partial charge < -0.3 is 0 Å². The number of carbonyl (C=O) groups is 1. The lowest BCUT2D eigenvalue weighted by atomic mass is 9.93. The summed E-state index contributed by atoms with van der Waals surface area (Å²) in [7, 11) is 0. The Kier molecular flexibility index (Phi) is 3.93. The van der Waals surface area contributed by atoms with Crippen molar-refractivity contribution in [2.45, 2.75) is 50.7 Å². The maximum Gasteiger partial charge on any atom is 0.152 e. The molecule has 0 aliphatic carbocycles. The Bertz CT molecular complexity index is 400. The Morgan fingerprint density at radius 1 is 1.53 bits per heavy atom. The molecule has 1 aromatic heterocycles. The summed E-state index contributed by atoms with van der Waals surface area (Å²) in [6.07, 6.45) is 2.77. The number of thioether (sulfide) groups is 1. The average molecular weight is 269 g/mol. The highest BCUT2D eigenvalue weighted by molar-refractivity contribution is 8.00. The summed E-state index contributed by atoms with van der Waals surface area (Å²) in [5, 5.41) is 3.30. The third-order valence-corrected chi connectivity index (χ3v) is 5.21. The summed E-state index contributed by atoms with van der Waals surface area (Å²) in [6.45, 7) is 6.46. The van der Waals surface area contributed by atoms with Gasteiger partial charge in [-0.15, -0.1) is 11.3 Å². The van der Waals surface area contributed by atoms with Crippen molar-refractivity contribution in [3.63, 3.8) is 0 Å². The van der Waals surface area contributed by atoms with Crippen LogP contribution in [0.3, 0.4) is 0 Å². The van der Waals surface area contributed by atoms with Gasteiger partial charge in [-0.2, -0.15) is 11.8 Å². The molecule has 1 saturated heterocycles. The summed E-state index contributed by atoms with van der Waals surface area (Å²) in [5.74, 6) is 1.50. The van der Waals surface area contributed by atoms with Crippen LogP contribution in [0.15, 0.2) is 5.38 Å². The first-order chi connectivity index (χ1) is 7.97. The first-order valence-corrected chi connectivity index (χ1v) is 7.99. The number of hydrogen-bond donors (Lipinski definition) is 0. The molecule has 2 heterocycles. The normalized spacial score (nSPS) is 20.8. The number of thiazole rings is 1. The standard InChI is InChI=1S/C13H19NOS2/c1-13(2,3)11-8-17-12(14-11)7-9(15)10-5-4-6-16-10/h8,10H,4-7H2,1-3H3. The fraction of sp³-hybridized carbons (Fsp3) is 0.692. The number of hydrogen-bond acceptors (Lipinski definition) is 4. The largest absolute Gasteiger partial charge is 0.298 e. The van der Waals surface area contributed by atoms with Crippen molar-refractivity contribution in [3.8, 4) is 0 Å². The number of nitrogens with zero attached hydrogens (tertiary/aromatic N) is 1. The van der Waals surface area contributed by atoms with Crippen molar-refractivity contribution in [2.24, 2.45) is 0 Å². The van der Waals surface area contributed by atoms with Gasteiger partial charge in [-0.1, -0.05) is 20.8 Å². The molecule has 0 N–H and O–H groups in total. The van der Waals surface area contributed by atoms with E-state index in [-0.39, 0.29) is 10.7 Å². The van der Waals surface area contributed by atoms with Crippen LogP contribution < -0.4 is 0 Å². The van der Waals surface area contributed by atoms with E-state index in [1.54, 1.807) is 11.3 Å². The first kappa shape index (κ1) is 13.1. The summed E-state index contributed by atoms with van der Waals surface area (Å²) in [6, 6.07) is 0. The van der Waals surface area contributed by atoms with Crippen molar-refractivity contribution in [1.82, 2.24) is 4.98 Å². The molecular formula is C13H19NOS2. The number of carbonyl (C=O) groups excluding carboxylic acids is 1. The smallest absolute Gasteiger partial charge is 0.152 e. The molecule has 0 aromatic carbocycles. The van der Waals surface area contributed by atoms with E-state index in [4.69, 9.17) is 0 Å². The van der Waals surface area contributed by atoms with Crippen LogP contribution in [0.25, 0.3) is 0 Å². The van der Waals surface area contributed by atoms with Gasteiger partial charge in [-0.3, -0.25) is 4.79 Å². The lowest BCUT2D eigenvalue weighted by Gasteiger charge is -2.14. The molecule has 2 rings (SSSR count). The van der Waals surface area contributed by atoms with Crippen LogP contribution in [0.4, 0.5) is 0 Å². The van der Waals surface area contributed by atoms with Gasteiger partial charge >= 0.3 is 0 Å². The molecule has 0 radical (unpaired) electrons. The number of Topliss-reactive ketones (excluding diaryl/α,β-unsaturated/α-hetero) is 1. The van der Waals surface area contributed by atoms with Gasteiger partial charge in [0.1, 0.15) is 5.01 Å². The molecule has 4 heteroatoms. The zero-order valence-electron chi connectivity index (χ0n) is 10.7. The molecule has 0 amide bonds. The summed E-state index contributed by atoms with van der Waals surface area (Å²) < 4.78 is 0. The topological polar surface area (TPSA) is 30.0 Å². The highest BCUT2D eigenvalue weighted by Gasteiger charge is 2.25. The Morgan fingerprint density at radius 3 is 2.82 bits per heavy atom. The lowest BCUT2D eigenvalue weighted by molar-refractivity contribution is -0.117. The quantitative estimate of drug-likeness (QED) is 0.842. The van der Waals surface area contributed by atoms with Gasteiger partial charge in [-0.25, -0.2) is 4.98 Å². The maximum atomic E-state index is 12.0. The molecular weight excluding hydrogens is 250 g/mol. The molecule has 17 heavy (non-hydrogen) atoms. The van der Waals surface area contributed by atoms with Crippen molar-refractivity contribution in [1.29, 1.82) is 0 Å². The van der Waals surface area contributed by atoms with Crippen molar-refractivity contribution in [3.05, 3.63) is 16.1 Å². The second-order valence-electron chi connectivity index (χ2n) is 5.52. The van der Waals surface area contributed by atoms with Gasteiger partial charge in [0.05, 0.1) is 17.4 Å². The van der Waals surface area contributed by atoms with E-state index in [1.165, 1.54) is 6.42 Å². The minimum absolute atomic E-state index is 0.0832. The predicted octanol–water partition coefficient (Wildman–Crippen LogP) is 3.45. The fourth-order valence-electron chi connectivity index (χ4n) is 1.83. The van der Waals surface area contributed by atoms with Crippen molar-refractivity contribution in [2.75, 3.05) is 5.75 Å². The average Bonchev–Trinajstić information content (AvgIpc) is 2.85. The maximum absolute atomic E-state index is 12.0. The first-order valence-electron chi connectivity index (χ1n) is 6.06. The van der Waals surface area contributed by atoms with Gasteiger partial charge in [0.25, 0.3) is 0 Å². The Hall–Kier alpha value is -0.350. The van der Waals surface area contributed by atoms with Gasteiger partial charge in [0.2, 0.25) is 0 Å². The highest BCUT2D eigenvalue weighted by Crippen LogP contribution is 2.29. The second kappa shape index (κ2) is 5.11. The SMILES string of the molecule is CC(C)(C)c1csc(CC(=O)C2CCCS2)n1. The third kappa shape index (κ3) is 3.32. The number of rotatable bonds is 3. The fourth-order valence-corrected chi connectivity index (χ4v) is 4.08. The van der Waals surface area contributed by atoms with Crippen molar-refractivity contribution >= 4 is 28.9 Å². The van der Waals surface area contributed by atoms with E-state index < -0.39 is 0 Å². The summed E-state index contributed by atoms with van der Waals surface area (Å²) in [5.41, 5.74) is 1.18. The Balaban J connectivity index is 1.99. The summed E-state index contributed by atoms with van der Waals surface area (Å²) in [4.78, 5) is 16.6. The van der Waals surface area contributed by atoms with Crippen LogP contribution >= 0.6 is 23.1 Å². The predicted molar refractivity (Wildman–Crippen MR) is 75.0 cm³/mol. The molecule has 1 fully saturated rings. The van der Waals surface area contributed by atoms with Crippen LogP contribution in [-0.2, 0) is 16.6 Å². The van der Waals surface area contributed by atoms with E-state index in [9.17, 15) is 4.79 Å². The number of aromatic nitrogens is 1. The molecule has 1 unspecified atom stereocenters. The monoisotopic (exact) mass is 269 g/mol. The molecule has 2 nitrogen and oxygen atoms in total.